The van der Waals surface area contributed by atoms with Crippen molar-refractivity contribution in [2.24, 2.45) is 0 Å². The van der Waals surface area contributed by atoms with E-state index in [0.717, 1.165) is 69.0 Å². The van der Waals surface area contributed by atoms with E-state index >= 15 is 0 Å². The van der Waals surface area contributed by atoms with Crippen LogP contribution in [0.5, 0.6) is 17.2 Å². The average molecular weight is 1200 g/mol. The maximum Gasteiger partial charge on any atom is 0.275 e. The normalized spacial score (nSPS) is 18.6. The molecule has 5 amide bonds. The second-order valence-corrected chi connectivity index (χ2v) is 28.3. The number of aryl methyl sites for hydroxylation is 2. The Kier molecular flexibility index (Phi) is 17.9. The zero-order valence-electron chi connectivity index (χ0n) is 47.4. The molecule has 2 unspecified atom stereocenters. The number of nitrogens with zero attached hydrogens (tertiary/aromatic N) is 4. The second kappa shape index (κ2) is 25.0. The number of methoxy groups -OCH3 is 1. The van der Waals surface area contributed by atoms with Crippen LogP contribution in [-0.4, -0.2) is 120 Å². The number of imide groups is 1. The topological polar surface area (TPSA) is 209 Å². The van der Waals surface area contributed by atoms with E-state index in [2.05, 4.69) is 22.3 Å². The highest BCUT2D eigenvalue weighted by molar-refractivity contribution is 8.77. The van der Waals surface area contributed by atoms with Crippen molar-refractivity contribution in [1.29, 1.82) is 0 Å². The molecule has 83 heavy (non-hydrogen) atoms. The number of thioether (sulfide) groups is 1. The summed E-state index contributed by atoms with van der Waals surface area (Å²) in [5, 5.41) is 0.985. The Balaban J connectivity index is 0.810. The van der Waals surface area contributed by atoms with Crippen molar-refractivity contribution in [3.8, 4) is 17.2 Å². The number of hydrogen-bond donors (Lipinski definition) is 2. The Labute approximate surface area is 497 Å². The van der Waals surface area contributed by atoms with E-state index in [0.29, 0.717) is 53.4 Å². The molecule has 2 N–H and O–H groups in total. The maximum atomic E-state index is 14.3. The van der Waals surface area contributed by atoms with Crippen LogP contribution in [0.15, 0.2) is 91.0 Å². The highest BCUT2D eigenvalue weighted by Gasteiger charge is 2.41. The van der Waals surface area contributed by atoms with Crippen molar-refractivity contribution in [2.45, 2.75) is 126 Å². The van der Waals surface area contributed by atoms with Crippen molar-refractivity contribution in [2.75, 3.05) is 59.3 Å². The number of likely N-dealkylation sites (tertiary alicyclic amines) is 1. The zero-order valence-corrected chi connectivity index (χ0v) is 50.7. The summed E-state index contributed by atoms with van der Waals surface area (Å²) in [5.74, 6) is 0.0391. The summed E-state index contributed by atoms with van der Waals surface area (Å²) in [5.41, 5.74) is 9.83. The lowest BCUT2D eigenvalue weighted by atomic mass is 9.99. The molecule has 0 aromatic heterocycles. The summed E-state index contributed by atoms with van der Waals surface area (Å²) < 4.78 is 53.2. The number of carbonyl (C=O) groups excluding carboxylic acids is 6. The number of likely N-dealkylation sites (N-methyl/N-ethyl adjacent to an activating group) is 1. The number of rotatable bonds is 23. The van der Waals surface area contributed by atoms with Crippen LogP contribution in [0, 0.1) is 6.92 Å². The standard InChI is InChI=1S/C62H69N5O12S4/c1-37-24-47-50(64(4)34-45-29-42-13-8-10-15-49(42)67(45)60(47)72)32-52(37)78-35-38-25-39(36-79-54-30-40-17-18-44-28-41-12-7-9-14-48(41)66(44)59(71)46(40)31-53(54)77-5)27-43(26-38)63-57(69)19-21-62(2,3)82-81-23-20-56(83(74,75)76)51(68)16-11-22-65-58(70)33-55(80-6)61(65)73/h7-10,12-15,24-27,30-32,44-45,55-56H,11,16-23,28-29,33-36H2,1-6H3,(H,63,69)(H,74,75,76)/t44-,45+,55?,56?/m1/s1. The van der Waals surface area contributed by atoms with Crippen LogP contribution in [-0.2, 0) is 61.8 Å². The van der Waals surface area contributed by atoms with Gasteiger partial charge in [0.15, 0.2) is 17.3 Å². The highest BCUT2D eigenvalue weighted by Crippen LogP contribution is 2.44. The summed E-state index contributed by atoms with van der Waals surface area (Å²) in [6.07, 6.45) is 5.18. The number of carbonyl (C=O) groups is 6. The molecule has 0 spiro atoms. The second-order valence-electron chi connectivity index (χ2n) is 22.5. The van der Waals surface area contributed by atoms with Crippen LogP contribution < -0.4 is 34.2 Å². The van der Waals surface area contributed by atoms with Gasteiger partial charge < -0.3 is 34.2 Å². The van der Waals surface area contributed by atoms with E-state index in [9.17, 15) is 41.7 Å². The lowest BCUT2D eigenvalue weighted by Gasteiger charge is -2.25. The molecule has 0 radical (unpaired) electrons. The molecule has 5 aromatic carbocycles. The van der Waals surface area contributed by atoms with Gasteiger partial charge in [-0.05, 0) is 154 Å². The minimum Gasteiger partial charge on any atom is -0.493 e. The largest absolute Gasteiger partial charge is 0.493 e. The van der Waals surface area contributed by atoms with Crippen molar-refractivity contribution < 1.29 is 55.9 Å². The number of para-hydroxylation sites is 2. The van der Waals surface area contributed by atoms with Crippen molar-refractivity contribution in [3.05, 3.63) is 136 Å². The Morgan fingerprint density at radius 2 is 1.43 bits per heavy atom. The maximum absolute atomic E-state index is 14.3. The summed E-state index contributed by atoms with van der Waals surface area (Å²) in [6.45, 7) is 6.70. The van der Waals surface area contributed by atoms with Crippen LogP contribution in [0.2, 0.25) is 0 Å². The molecule has 17 nitrogen and oxygen atoms in total. The molecule has 1 fully saturated rings. The Morgan fingerprint density at radius 3 is 2.10 bits per heavy atom. The number of benzene rings is 5. The summed E-state index contributed by atoms with van der Waals surface area (Å²) in [4.78, 5) is 87.3. The third kappa shape index (κ3) is 13.1. The number of hydrogen-bond acceptors (Lipinski definition) is 15. The minimum atomic E-state index is -4.72. The molecule has 0 bridgehead atoms. The Morgan fingerprint density at radius 1 is 0.783 bits per heavy atom. The summed E-state index contributed by atoms with van der Waals surface area (Å²) >= 11 is 1.28. The molecule has 4 atom stereocenters. The lowest BCUT2D eigenvalue weighted by Crippen LogP contribution is -2.41. The van der Waals surface area contributed by atoms with E-state index in [1.165, 1.54) is 38.9 Å². The van der Waals surface area contributed by atoms with E-state index in [1.807, 2.05) is 110 Å². The van der Waals surface area contributed by atoms with Gasteiger partial charge in [-0.25, -0.2) is 0 Å². The first-order chi connectivity index (χ1) is 39.7. The van der Waals surface area contributed by atoms with Crippen molar-refractivity contribution >= 4 is 102 Å². The van der Waals surface area contributed by atoms with E-state index in [4.69, 9.17) is 14.2 Å². The van der Waals surface area contributed by atoms with Gasteiger partial charge in [0.2, 0.25) is 17.7 Å². The number of Topliss-reactive ketones (excluding diaryl/α,β-unsaturated/α-hetero) is 1. The molecule has 0 aliphatic carbocycles. The van der Waals surface area contributed by atoms with E-state index < -0.39 is 31.1 Å². The fourth-order valence-electron chi connectivity index (χ4n) is 11.9. The molecule has 10 rings (SSSR count). The number of amides is 5. The SMILES string of the molecule is COc1cc2c(cc1OCc1cc(COc3cc4c(cc3C)C(=O)N3c5ccccc5C[C@H]3CN4C)cc(NC(=O)CCC(C)(C)SSCCC(C(=O)CCCN3C(=O)CC(SC)C3=O)S(=O)(=O)O)c1)CC[C@@H]1Cc3ccccc3N1C2=O. The molecule has 21 heteroatoms. The zero-order chi connectivity index (χ0) is 58.9. The van der Waals surface area contributed by atoms with E-state index in [1.54, 1.807) is 19.4 Å². The van der Waals surface area contributed by atoms with Gasteiger partial charge in [-0.3, -0.25) is 38.2 Å². The van der Waals surface area contributed by atoms with Crippen LogP contribution in [0.25, 0.3) is 0 Å². The summed E-state index contributed by atoms with van der Waals surface area (Å²) in [7, 11) is 1.61. The molecular formula is C62H69N5O12S4. The number of ether oxygens (including phenoxy) is 3. The lowest BCUT2D eigenvalue weighted by molar-refractivity contribution is -0.138. The van der Waals surface area contributed by atoms with Crippen LogP contribution >= 0.6 is 33.3 Å². The average Bonchev–Trinajstić information content (AvgIpc) is 2.22. The van der Waals surface area contributed by atoms with Gasteiger partial charge in [-0.1, -0.05) is 58.0 Å². The van der Waals surface area contributed by atoms with Gasteiger partial charge >= 0.3 is 0 Å². The van der Waals surface area contributed by atoms with Gasteiger partial charge in [0, 0.05) is 84.6 Å². The van der Waals surface area contributed by atoms with Gasteiger partial charge in [0.1, 0.15) is 24.2 Å². The Hall–Kier alpha value is -6.52. The predicted octanol–water partition coefficient (Wildman–Crippen LogP) is 10.1. The molecule has 1 saturated heterocycles. The first-order valence-electron chi connectivity index (χ1n) is 27.9. The fraction of sp³-hybridized carbons (Fsp3) is 0.419. The van der Waals surface area contributed by atoms with Gasteiger partial charge in [-0.2, -0.15) is 20.2 Å². The highest BCUT2D eigenvalue weighted by atomic mass is 33.1. The third-order valence-electron chi connectivity index (χ3n) is 16.2. The van der Waals surface area contributed by atoms with Gasteiger partial charge in [0.05, 0.1) is 29.7 Å². The molecular weight excluding hydrogens is 1130 g/mol. The van der Waals surface area contributed by atoms with Crippen molar-refractivity contribution in [1.82, 2.24) is 4.90 Å². The molecule has 5 heterocycles. The van der Waals surface area contributed by atoms with Crippen LogP contribution in [0.3, 0.4) is 0 Å². The minimum absolute atomic E-state index is 0.00165. The van der Waals surface area contributed by atoms with E-state index in [-0.39, 0.29) is 99.2 Å². The van der Waals surface area contributed by atoms with Crippen molar-refractivity contribution in [3.63, 3.8) is 0 Å². The molecule has 438 valence electrons. The number of ketones is 1. The van der Waals surface area contributed by atoms with Crippen LogP contribution in [0.4, 0.5) is 22.7 Å². The molecule has 5 aliphatic rings. The predicted molar refractivity (Wildman–Crippen MR) is 327 cm³/mol. The third-order valence-corrected chi connectivity index (χ3v) is 21.7. The molecule has 5 aliphatic heterocycles. The van der Waals surface area contributed by atoms with Gasteiger partial charge in [0.25, 0.3) is 21.9 Å². The number of nitrogens with one attached hydrogen (secondary N) is 1. The quantitative estimate of drug-likeness (QED) is 0.0270. The first-order valence-corrected chi connectivity index (χ1v) is 33.1. The Bertz CT molecular complexity index is 3500. The number of anilines is 4. The number of fused-ring (bicyclic) bond motifs is 8. The fourth-order valence-corrected chi connectivity index (χ4v) is 16.2. The van der Waals surface area contributed by atoms with Crippen LogP contribution in [0.1, 0.15) is 113 Å². The monoisotopic (exact) mass is 1200 g/mol. The first kappa shape index (κ1) is 59.6. The molecule has 0 saturated carbocycles. The smallest absolute Gasteiger partial charge is 0.275 e. The van der Waals surface area contributed by atoms with Gasteiger partial charge in [-0.15, -0.1) is 0 Å². The summed E-state index contributed by atoms with van der Waals surface area (Å²) in [6, 6.07) is 29.3. The molecule has 5 aromatic rings.